The van der Waals surface area contributed by atoms with Crippen LogP contribution in [0.1, 0.15) is 17.5 Å². The van der Waals surface area contributed by atoms with Crippen LogP contribution in [0.4, 0.5) is 0 Å². The van der Waals surface area contributed by atoms with Gasteiger partial charge in [0, 0.05) is 31.8 Å². The molecule has 1 aromatic heterocycles. The molecule has 0 spiro atoms. The topological polar surface area (TPSA) is 85.5 Å². The Balaban J connectivity index is 1.48. The number of nitrogens with zero attached hydrogens (tertiary/aromatic N) is 2. The van der Waals surface area contributed by atoms with Gasteiger partial charge in [0.2, 0.25) is 5.91 Å². The predicted octanol–water partition coefficient (Wildman–Crippen LogP) is 3.01. The number of morpholine rings is 1. The molecule has 1 aliphatic rings. The summed E-state index contributed by atoms with van der Waals surface area (Å²) in [5.74, 6) is -0.541. The lowest BCUT2D eigenvalue weighted by molar-refractivity contribution is -0.163. The number of nitrogens with two attached hydrogens (primary N) is 1. The summed E-state index contributed by atoms with van der Waals surface area (Å²) in [5.41, 5.74) is 8.68. The number of carbonyl (C=O) groups is 2. The van der Waals surface area contributed by atoms with E-state index in [9.17, 15) is 9.59 Å². The number of rotatable bonds is 7. The number of aromatic nitrogens is 1. The standard InChI is InChI=1S/C26H27N3O3/c27-25(31)26(18-21-7-4-8-23(17-21)22-11-13-28-14-12-22)19-29(15-16-32-26)24(30)10-9-20-5-2-1-3-6-20/h1-8,11-14,17H,9-10,15-16,18-19H2,(H2,27,31). The van der Waals surface area contributed by atoms with Gasteiger partial charge in [-0.1, -0.05) is 54.6 Å². The predicted molar refractivity (Wildman–Crippen MR) is 123 cm³/mol. The summed E-state index contributed by atoms with van der Waals surface area (Å²) in [6.07, 6.45) is 4.85. The maximum atomic E-state index is 12.9. The molecule has 2 heterocycles. The molecule has 4 rings (SSSR count). The minimum atomic E-state index is -1.24. The van der Waals surface area contributed by atoms with Gasteiger partial charge in [-0.15, -0.1) is 0 Å². The van der Waals surface area contributed by atoms with Crippen molar-refractivity contribution < 1.29 is 14.3 Å². The molecule has 2 aromatic carbocycles. The maximum Gasteiger partial charge on any atom is 0.251 e. The molecule has 0 saturated carbocycles. The van der Waals surface area contributed by atoms with Crippen LogP contribution in [0.5, 0.6) is 0 Å². The zero-order valence-corrected chi connectivity index (χ0v) is 17.9. The van der Waals surface area contributed by atoms with Crippen LogP contribution in [0.2, 0.25) is 0 Å². The first-order valence-corrected chi connectivity index (χ1v) is 10.8. The van der Waals surface area contributed by atoms with Crippen molar-refractivity contribution in [2.75, 3.05) is 19.7 Å². The minimum Gasteiger partial charge on any atom is -0.367 e. The minimum absolute atomic E-state index is 0.00770. The highest BCUT2D eigenvalue weighted by atomic mass is 16.5. The van der Waals surface area contributed by atoms with Crippen molar-refractivity contribution in [2.24, 2.45) is 5.73 Å². The molecule has 6 nitrogen and oxygen atoms in total. The normalized spacial score (nSPS) is 18.3. The highest BCUT2D eigenvalue weighted by molar-refractivity contribution is 5.86. The van der Waals surface area contributed by atoms with Crippen molar-refractivity contribution in [3.05, 3.63) is 90.3 Å². The van der Waals surface area contributed by atoms with E-state index in [1.165, 1.54) is 0 Å². The Kier molecular flexibility index (Phi) is 6.61. The fraction of sp³-hybridized carbons (Fsp3) is 0.269. The maximum absolute atomic E-state index is 12.9. The average Bonchev–Trinajstić information content (AvgIpc) is 2.84. The Morgan fingerprint density at radius 2 is 1.72 bits per heavy atom. The van der Waals surface area contributed by atoms with Gasteiger partial charge in [-0.2, -0.15) is 0 Å². The van der Waals surface area contributed by atoms with Crippen molar-refractivity contribution in [1.82, 2.24) is 9.88 Å². The van der Waals surface area contributed by atoms with E-state index in [0.717, 1.165) is 22.3 Å². The van der Waals surface area contributed by atoms with Crippen LogP contribution < -0.4 is 5.73 Å². The largest absolute Gasteiger partial charge is 0.367 e. The fourth-order valence-electron chi connectivity index (χ4n) is 4.13. The van der Waals surface area contributed by atoms with Gasteiger partial charge in [0.05, 0.1) is 13.2 Å². The van der Waals surface area contributed by atoms with E-state index in [1.54, 1.807) is 17.3 Å². The first-order chi connectivity index (χ1) is 15.6. The van der Waals surface area contributed by atoms with E-state index >= 15 is 0 Å². The molecule has 1 fully saturated rings. The quantitative estimate of drug-likeness (QED) is 0.626. The molecule has 1 saturated heterocycles. The highest BCUT2D eigenvalue weighted by Crippen LogP contribution is 2.27. The first-order valence-electron chi connectivity index (χ1n) is 10.8. The zero-order chi connectivity index (χ0) is 22.4. The van der Waals surface area contributed by atoms with Crippen LogP contribution in [-0.4, -0.2) is 47.0 Å². The summed E-state index contributed by atoms with van der Waals surface area (Å²) >= 11 is 0. The van der Waals surface area contributed by atoms with Crippen molar-refractivity contribution in [3.8, 4) is 11.1 Å². The Bertz CT molecular complexity index is 1070. The van der Waals surface area contributed by atoms with Gasteiger partial charge in [0.1, 0.15) is 0 Å². The van der Waals surface area contributed by atoms with Crippen molar-refractivity contribution in [2.45, 2.75) is 24.9 Å². The SMILES string of the molecule is NC(=O)C1(Cc2cccc(-c3ccncc3)c2)CN(C(=O)CCc2ccccc2)CCO1. The van der Waals surface area contributed by atoms with Crippen molar-refractivity contribution in [1.29, 1.82) is 0 Å². The van der Waals surface area contributed by atoms with E-state index in [1.807, 2.05) is 66.7 Å². The van der Waals surface area contributed by atoms with Gasteiger partial charge in [0.25, 0.3) is 5.91 Å². The molecular formula is C26H27N3O3. The summed E-state index contributed by atoms with van der Waals surface area (Å²) in [4.78, 5) is 31.2. The Hall–Kier alpha value is -3.51. The van der Waals surface area contributed by atoms with Crippen LogP contribution in [0.3, 0.4) is 0 Å². The van der Waals surface area contributed by atoms with Gasteiger partial charge in [-0.05, 0) is 40.8 Å². The number of pyridine rings is 1. The molecule has 32 heavy (non-hydrogen) atoms. The summed E-state index contributed by atoms with van der Waals surface area (Å²) in [7, 11) is 0. The molecule has 0 radical (unpaired) electrons. The molecule has 6 heteroatoms. The number of carbonyl (C=O) groups excluding carboxylic acids is 2. The number of amides is 2. The molecule has 164 valence electrons. The number of hydrogen-bond acceptors (Lipinski definition) is 4. The molecule has 1 aliphatic heterocycles. The average molecular weight is 430 g/mol. The number of primary amides is 1. The fourth-order valence-corrected chi connectivity index (χ4v) is 4.13. The third kappa shape index (κ3) is 5.03. The Labute approximate surface area is 188 Å². The molecular weight excluding hydrogens is 402 g/mol. The zero-order valence-electron chi connectivity index (χ0n) is 17.9. The lowest BCUT2D eigenvalue weighted by Crippen LogP contribution is -2.61. The molecule has 2 amide bonds. The Morgan fingerprint density at radius 1 is 0.969 bits per heavy atom. The molecule has 3 aromatic rings. The molecule has 1 unspecified atom stereocenters. The van der Waals surface area contributed by atoms with E-state index < -0.39 is 11.5 Å². The highest BCUT2D eigenvalue weighted by Gasteiger charge is 2.43. The molecule has 2 N–H and O–H groups in total. The summed E-state index contributed by atoms with van der Waals surface area (Å²) in [6, 6.07) is 21.7. The van der Waals surface area contributed by atoms with Gasteiger partial charge in [-0.25, -0.2) is 0 Å². The second-order valence-corrected chi connectivity index (χ2v) is 8.12. The van der Waals surface area contributed by atoms with Gasteiger partial charge >= 0.3 is 0 Å². The number of ether oxygens (including phenoxy) is 1. The Morgan fingerprint density at radius 3 is 2.47 bits per heavy atom. The smallest absolute Gasteiger partial charge is 0.251 e. The van der Waals surface area contributed by atoms with Crippen molar-refractivity contribution in [3.63, 3.8) is 0 Å². The first kappa shape index (κ1) is 21.7. The van der Waals surface area contributed by atoms with Gasteiger partial charge in [0.15, 0.2) is 5.60 Å². The van der Waals surface area contributed by atoms with E-state index in [0.29, 0.717) is 25.8 Å². The third-order valence-corrected chi connectivity index (χ3v) is 5.89. The van der Waals surface area contributed by atoms with E-state index in [2.05, 4.69) is 4.98 Å². The van der Waals surface area contributed by atoms with Crippen LogP contribution in [0.15, 0.2) is 79.1 Å². The van der Waals surface area contributed by atoms with Crippen LogP contribution in [0, 0.1) is 0 Å². The van der Waals surface area contributed by atoms with E-state index in [-0.39, 0.29) is 19.1 Å². The molecule has 0 bridgehead atoms. The lowest BCUT2D eigenvalue weighted by Gasteiger charge is -2.41. The van der Waals surface area contributed by atoms with Crippen LogP contribution in [-0.2, 0) is 27.2 Å². The summed E-state index contributed by atoms with van der Waals surface area (Å²) < 4.78 is 5.94. The number of benzene rings is 2. The van der Waals surface area contributed by atoms with Crippen LogP contribution in [0.25, 0.3) is 11.1 Å². The monoisotopic (exact) mass is 429 g/mol. The molecule has 1 atom stereocenters. The molecule has 0 aliphatic carbocycles. The van der Waals surface area contributed by atoms with Gasteiger partial charge < -0.3 is 15.4 Å². The third-order valence-electron chi connectivity index (χ3n) is 5.89. The second kappa shape index (κ2) is 9.75. The van der Waals surface area contributed by atoms with Crippen molar-refractivity contribution >= 4 is 11.8 Å². The summed E-state index contributed by atoms with van der Waals surface area (Å²) in [6.45, 7) is 0.902. The summed E-state index contributed by atoms with van der Waals surface area (Å²) in [5, 5.41) is 0. The van der Waals surface area contributed by atoms with Crippen LogP contribution >= 0.6 is 0 Å². The second-order valence-electron chi connectivity index (χ2n) is 8.12. The lowest BCUT2D eigenvalue weighted by atomic mass is 9.90. The number of hydrogen-bond donors (Lipinski definition) is 1. The van der Waals surface area contributed by atoms with Gasteiger partial charge in [-0.3, -0.25) is 14.6 Å². The van der Waals surface area contributed by atoms with E-state index in [4.69, 9.17) is 10.5 Å². The number of aryl methyl sites for hydroxylation is 1.